The number of hydrogen-bond acceptors (Lipinski definition) is 2. The second-order valence-corrected chi connectivity index (χ2v) is 6.37. The summed E-state index contributed by atoms with van der Waals surface area (Å²) in [6, 6.07) is 0.450. The molecule has 1 amide bonds. The molecule has 2 rings (SSSR count). The Morgan fingerprint density at radius 1 is 1.11 bits per heavy atom. The van der Waals surface area contributed by atoms with Gasteiger partial charge in [-0.3, -0.25) is 4.79 Å². The third-order valence-electron chi connectivity index (χ3n) is 4.89. The monoisotopic (exact) mass is 252 g/mol. The Kier molecular flexibility index (Phi) is 4.66. The van der Waals surface area contributed by atoms with Crippen molar-refractivity contribution in [3.05, 3.63) is 0 Å². The summed E-state index contributed by atoms with van der Waals surface area (Å²) in [5.41, 5.74) is -0.0767. The lowest BCUT2D eigenvalue weighted by Crippen LogP contribution is -2.46. The van der Waals surface area contributed by atoms with E-state index in [1.165, 1.54) is 25.7 Å². The molecule has 1 saturated carbocycles. The van der Waals surface area contributed by atoms with Crippen LogP contribution in [0.25, 0.3) is 0 Å². The van der Waals surface area contributed by atoms with Gasteiger partial charge in [-0.1, -0.05) is 26.2 Å². The molecule has 1 aliphatic carbocycles. The van der Waals surface area contributed by atoms with Crippen LogP contribution < -0.4 is 5.32 Å². The van der Waals surface area contributed by atoms with Gasteiger partial charge in [-0.25, -0.2) is 0 Å². The van der Waals surface area contributed by atoms with Crippen molar-refractivity contribution in [1.82, 2.24) is 10.2 Å². The van der Waals surface area contributed by atoms with Crippen LogP contribution in [-0.4, -0.2) is 37.0 Å². The van der Waals surface area contributed by atoms with Crippen LogP contribution in [0.2, 0.25) is 0 Å². The minimum atomic E-state index is -0.0767. The summed E-state index contributed by atoms with van der Waals surface area (Å²) in [6.07, 6.45) is 9.38. The van der Waals surface area contributed by atoms with E-state index in [2.05, 4.69) is 17.1 Å². The first-order valence-electron chi connectivity index (χ1n) is 7.61. The number of carbonyl (C=O) groups is 1. The quantitative estimate of drug-likeness (QED) is 0.819. The molecule has 1 aliphatic heterocycles. The minimum absolute atomic E-state index is 0.0767. The predicted molar refractivity (Wildman–Crippen MR) is 74.5 cm³/mol. The average Bonchev–Trinajstić information content (AvgIpc) is 2.66. The molecule has 18 heavy (non-hydrogen) atoms. The Hall–Kier alpha value is -0.570. The first kappa shape index (κ1) is 13.9. The molecule has 0 bridgehead atoms. The molecule has 2 fully saturated rings. The number of amides is 1. The normalized spacial score (nSPS) is 28.4. The van der Waals surface area contributed by atoms with Gasteiger partial charge in [-0.05, 0) is 45.2 Å². The van der Waals surface area contributed by atoms with Gasteiger partial charge in [0.05, 0.1) is 0 Å². The molecule has 3 nitrogen and oxygen atoms in total. The third kappa shape index (κ3) is 3.05. The standard InChI is InChI=1S/C15H28N2O/c1-15(9-4-3-5-10-15)14(18)17(2)13-7-6-11-16-12-8-13/h13,16H,3-12H2,1-2H3. The summed E-state index contributed by atoms with van der Waals surface area (Å²) < 4.78 is 0. The second-order valence-electron chi connectivity index (χ2n) is 6.37. The maximum atomic E-state index is 12.7. The molecule has 1 N–H and O–H groups in total. The van der Waals surface area contributed by atoms with E-state index in [4.69, 9.17) is 0 Å². The van der Waals surface area contributed by atoms with Crippen LogP contribution in [0.5, 0.6) is 0 Å². The first-order valence-corrected chi connectivity index (χ1v) is 7.61. The molecule has 0 radical (unpaired) electrons. The highest BCUT2D eigenvalue weighted by Crippen LogP contribution is 2.37. The highest BCUT2D eigenvalue weighted by molar-refractivity contribution is 5.82. The average molecular weight is 252 g/mol. The summed E-state index contributed by atoms with van der Waals surface area (Å²) in [5.74, 6) is 0.397. The van der Waals surface area contributed by atoms with Crippen molar-refractivity contribution in [3.63, 3.8) is 0 Å². The summed E-state index contributed by atoms with van der Waals surface area (Å²) in [4.78, 5) is 14.8. The predicted octanol–water partition coefficient (Wildman–Crippen LogP) is 2.56. The molecule has 1 atom stereocenters. The van der Waals surface area contributed by atoms with Crippen LogP contribution in [0.15, 0.2) is 0 Å². The zero-order chi connectivity index (χ0) is 13.0. The lowest BCUT2D eigenvalue weighted by Gasteiger charge is -2.38. The van der Waals surface area contributed by atoms with E-state index in [1.807, 2.05) is 7.05 Å². The van der Waals surface area contributed by atoms with E-state index in [9.17, 15) is 4.79 Å². The lowest BCUT2D eigenvalue weighted by atomic mass is 9.74. The van der Waals surface area contributed by atoms with Gasteiger partial charge in [-0.2, -0.15) is 0 Å². The van der Waals surface area contributed by atoms with E-state index in [0.717, 1.165) is 38.8 Å². The van der Waals surface area contributed by atoms with Gasteiger partial charge in [0.2, 0.25) is 5.91 Å². The van der Waals surface area contributed by atoms with Gasteiger partial charge < -0.3 is 10.2 Å². The Morgan fingerprint density at radius 2 is 1.83 bits per heavy atom. The van der Waals surface area contributed by atoms with Crippen LogP contribution in [0.4, 0.5) is 0 Å². The molecule has 104 valence electrons. The largest absolute Gasteiger partial charge is 0.342 e. The van der Waals surface area contributed by atoms with Crippen molar-refractivity contribution >= 4 is 5.91 Å². The fraction of sp³-hybridized carbons (Fsp3) is 0.933. The van der Waals surface area contributed by atoms with Gasteiger partial charge in [0.25, 0.3) is 0 Å². The molecule has 3 heteroatoms. The molecule has 1 saturated heterocycles. The highest BCUT2D eigenvalue weighted by Gasteiger charge is 2.38. The third-order valence-corrected chi connectivity index (χ3v) is 4.89. The maximum absolute atomic E-state index is 12.7. The van der Waals surface area contributed by atoms with Crippen molar-refractivity contribution in [1.29, 1.82) is 0 Å². The van der Waals surface area contributed by atoms with E-state index in [-0.39, 0.29) is 5.41 Å². The van der Waals surface area contributed by atoms with Crippen molar-refractivity contribution in [2.45, 2.75) is 64.3 Å². The van der Waals surface area contributed by atoms with E-state index in [1.54, 1.807) is 0 Å². The summed E-state index contributed by atoms with van der Waals surface area (Å²) in [6.45, 7) is 4.34. The number of hydrogen-bond donors (Lipinski definition) is 1. The van der Waals surface area contributed by atoms with Crippen molar-refractivity contribution in [3.8, 4) is 0 Å². The van der Waals surface area contributed by atoms with E-state index in [0.29, 0.717) is 11.9 Å². The molecular formula is C15H28N2O. The van der Waals surface area contributed by atoms with Crippen LogP contribution >= 0.6 is 0 Å². The Morgan fingerprint density at radius 3 is 2.56 bits per heavy atom. The molecule has 0 aromatic carbocycles. The molecule has 0 aromatic rings. The molecular weight excluding hydrogens is 224 g/mol. The highest BCUT2D eigenvalue weighted by atomic mass is 16.2. The van der Waals surface area contributed by atoms with Crippen molar-refractivity contribution in [2.75, 3.05) is 20.1 Å². The Labute approximate surface area is 111 Å². The van der Waals surface area contributed by atoms with E-state index < -0.39 is 0 Å². The summed E-state index contributed by atoms with van der Waals surface area (Å²) in [5, 5.41) is 3.42. The number of nitrogens with one attached hydrogen (secondary N) is 1. The van der Waals surface area contributed by atoms with Gasteiger partial charge in [0, 0.05) is 18.5 Å². The SMILES string of the molecule is CN(C(=O)C1(C)CCCCC1)C1CCCNCC1. The Balaban J connectivity index is 1.97. The van der Waals surface area contributed by atoms with Crippen molar-refractivity contribution < 1.29 is 4.79 Å². The fourth-order valence-electron chi connectivity index (χ4n) is 3.53. The minimum Gasteiger partial charge on any atom is -0.342 e. The van der Waals surface area contributed by atoms with Crippen molar-refractivity contribution in [2.24, 2.45) is 5.41 Å². The lowest BCUT2D eigenvalue weighted by molar-refractivity contribution is -0.144. The van der Waals surface area contributed by atoms with Crippen LogP contribution in [-0.2, 0) is 4.79 Å². The van der Waals surface area contributed by atoms with E-state index >= 15 is 0 Å². The van der Waals surface area contributed by atoms with Crippen LogP contribution in [0.1, 0.15) is 58.3 Å². The van der Waals surface area contributed by atoms with Gasteiger partial charge >= 0.3 is 0 Å². The second kappa shape index (κ2) is 6.05. The number of rotatable bonds is 2. The molecule has 0 aromatic heterocycles. The molecule has 2 aliphatic rings. The summed E-state index contributed by atoms with van der Waals surface area (Å²) >= 11 is 0. The molecule has 0 spiro atoms. The van der Waals surface area contributed by atoms with Gasteiger partial charge in [0.15, 0.2) is 0 Å². The number of nitrogens with zero attached hydrogens (tertiary/aromatic N) is 1. The number of carbonyl (C=O) groups excluding carboxylic acids is 1. The zero-order valence-electron chi connectivity index (χ0n) is 12.0. The smallest absolute Gasteiger partial charge is 0.228 e. The van der Waals surface area contributed by atoms with Gasteiger partial charge in [-0.15, -0.1) is 0 Å². The first-order chi connectivity index (χ1) is 8.63. The fourth-order valence-corrected chi connectivity index (χ4v) is 3.53. The zero-order valence-corrected chi connectivity index (χ0v) is 12.0. The van der Waals surface area contributed by atoms with Crippen LogP contribution in [0, 0.1) is 5.41 Å². The van der Waals surface area contributed by atoms with Crippen LogP contribution in [0.3, 0.4) is 0 Å². The molecule has 1 unspecified atom stereocenters. The van der Waals surface area contributed by atoms with Gasteiger partial charge in [0.1, 0.15) is 0 Å². The topological polar surface area (TPSA) is 32.3 Å². The molecule has 1 heterocycles. The summed E-state index contributed by atoms with van der Waals surface area (Å²) in [7, 11) is 2.03. The maximum Gasteiger partial charge on any atom is 0.228 e. The Bertz CT molecular complexity index is 276.